The third-order valence-corrected chi connectivity index (χ3v) is 5.71. The molecule has 0 aliphatic carbocycles. The Balaban J connectivity index is 1.95. The van der Waals surface area contributed by atoms with Crippen LogP contribution in [-0.4, -0.2) is 12.7 Å². The van der Waals surface area contributed by atoms with E-state index < -0.39 is 0 Å². The number of halogens is 2. The zero-order valence-corrected chi connectivity index (χ0v) is 14.9. The summed E-state index contributed by atoms with van der Waals surface area (Å²) in [5.74, 6) is 0. The highest BCUT2D eigenvalue weighted by Gasteiger charge is 2.17. The van der Waals surface area contributed by atoms with Crippen LogP contribution in [0.25, 0.3) is 0 Å². The van der Waals surface area contributed by atoms with Crippen LogP contribution >= 0.6 is 31.9 Å². The van der Waals surface area contributed by atoms with Crippen molar-refractivity contribution < 1.29 is 4.74 Å². The predicted octanol–water partition coefficient (Wildman–Crippen LogP) is 5.85. The molecule has 0 radical (unpaired) electrons. The second-order valence-electron chi connectivity index (χ2n) is 5.49. The van der Waals surface area contributed by atoms with E-state index in [2.05, 4.69) is 57.8 Å². The zero-order chi connectivity index (χ0) is 13.8. The van der Waals surface area contributed by atoms with E-state index in [1.54, 1.807) is 0 Å². The second-order valence-corrected chi connectivity index (χ2v) is 7.45. The average molecular weight is 390 g/mol. The molecule has 106 valence electrons. The molecule has 1 fully saturated rings. The molecule has 3 heteroatoms. The summed E-state index contributed by atoms with van der Waals surface area (Å²) >= 11 is 7.45. The summed E-state index contributed by atoms with van der Waals surface area (Å²) in [4.78, 5) is 0.435. The maximum absolute atomic E-state index is 5.81. The van der Waals surface area contributed by atoms with Gasteiger partial charge in [-0.05, 0) is 68.7 Å². The van der Waals surface area contributed by atoms with Crippen LogP contribution in [-0.2, 0) is 4.74 Å². The van der Waals surface area contributed by atoms with Gasteiger partial charge in [-0.1, -0.05) is 37.9 Å². The van der Waals surface area contributed by atoms with E-state index in [1.165, 1.54) is 40.4 Å². The minimum absolute atomic E-state index is 0.435. The van der Waals surface area contributed by atoms with Crippen LogP contribution in [0.3, 0.4) is 0 Å². The molecule has 1 saturated heterocycles. The molecule has 0 amide bonds. The number of rotatable bonds is 4. The molecule has 0 N–H and O–H groups in total. The Kier molecular flexibility index (Phi) is 5.91. The van der Waals surface area contributed by atoms with Crippen molar-refractivity contribution in [1.29, 1.82) is 0 Å². The maximum Gasteiger partial charge on any atom is 0.0575 e. The lowest BCUT2D eigenvalue weighted by Crippen LogP contribution is -2.19. The predicted molar refractivity (Wildman–Crippen MR) is 88.1 cm³/mol. The topological polar surface area (TPSA) is 9.23 Å². The Morgan fingerprint density at radius 3 is 2.74 bits per heavy atom. The van der Waals surface area contributed by atoms with Gasteiger partial charge in [-0.2, -0.15) is 0 Å². The van der Waals surface area contributed by atoms with E-state index in [0.29, 0.717) is 10.9 Å². The SMILES string of the molecule is Cc1cc(C(Br)CCC2CCCCO2)c(C)cc1Br. The quantitative estimate of drug-likeness (QED) is 0.586. The first-order valence-corrected chi connectivity index (χ1v) is 8.81. The Hall–Kier alpha value is 0.140. The molecule has 1 heterocycles. The van der Waals surface area contributed by atoms with E-state index in [4.69, 9.17) is 4.74 Å². The first-order valence-electron chi connectivity index (χ1n) is 7.10. The number of hydrogen-bond acceptors (Lipinski definition) is 1. The first-order chi connectivity index (χ1) is 9.08. The molecule has 1 aliphatic heterocycles. The summed E-state index contributed by atoms with van der Waals surface area (Å²) in [6.07, 6.45) is 6.58. The second kappa shape index (κ2) is 7.24. The van der Waals surface area contributed by atoms with Crippen molar-refractivity contribution in [2.24, 2.45) is 0 Å². The van der Waals surface area contributed by atoms with Crippen molar-refractivity contribution in [2.45, 2.75) is 56.9 Å². The Bertz CT molecular complexity index is 425. The molecule has 2 rings (SSSR count). The minimum Gasteiger partial charge on any atom is -0.378 e. The monoisotopic (exact) mass is 388 g/mol. The summed E-state index contributed by atoms with van der Waals surface area (Å²) in [5, 5.41) is 0. The van der Waals surface area contributed by atoms with Gasteiger partial charge in [0.15, 0.2) is 0 Å². The van der Waals surface area contributed by atoms with Gasteiger partial charge >= 0.3 is 0 Å². The molecular formula is C16H22Br2O. The van der Waals surface area contributed by atoms with Gasteiger partial charge in [0.2, 0.25) is 0 Å². The number of ether oxygens (including phenoxy) is 1. The van der Waals surface area contributed by atoms with E-state index in [1.807, 2.05) is 0 Å². The van der Waals surface area contributed by atoms with Crippen molar-refractivity contribution in [3.8, 4) is 0 Å². The third-order valence-electron chi connectivity index (χ3n) is 3.90. The van der Waals surface area contributed by atoms with E-state index in [9.17, 15) is 0 Å². The van der Waals surface area contributed by atoms with Crippen molar-refractivity contribution >= 4 is 31.9 Å². The number of benzene rings is 1. The molecular weight excluding hydrogens is 368 g/mol. The standard InChI is InChI=1S/C16H22Br2O/c1-11-10-16(18)12(2)9-14(11)15(17)7-6-13-5-3-4-8-19-13/h9-10,13,15H,3-8H2,1-2H3. The normalized spacial score (nSPS) is 21.4. The molecule has 1 aliphatic rings. The van der Waals surface area contributed by atoms with Gasteiger partial charge in [-0.15, -0.1) is 0 Å². The lowest BCUT2D eigenvalue weighted by atomic mass is 9.97. The van der Waals surface area contributed by atoms with E-state index >= 15 is 0 Å². The Labute approximate surface area is 133 Å². The van der Waals surface area contributed by atoms with Crippen molar-refractivity contribution in [3.05, 3.63) is 33.3 Å². The summed E-state index contributed by atoms with van der Waals surface area (Å²) in [6.45, 7) is 5.29. The van der Waals surface area contributed by atoms with Crippen molar-refractivity contribution in [1.82, 2.24) is 0 Å². The van der Waals surface area contributed by atoms with Gasteiger partial charge < -0.3 is 4.74 Å². The fourth-order valence-electron chi connectivity index (χ4n) is 2.66. The average Bonchev–Trinajstić information content (AvgIpc) is 2.41. The molecule has 1 nitrogen and oxygen atoms in total. The van der Waals surface area contributed by atoms with E-state index in [-0.39, 0.29) is 0 Å². The van der Waals surface area contributed by atoms with Crippen LogP contribution in [0.4, 0.5) is 0 Å². The van der Waals surface area contributed by atoms with Crippen molar-refractivity contribution in [3.63, 3.8) is 0 Å². The number of aryl methyl sites for hydroxylation is 2. The molecule has 0 bridgehead atoms. The summed E-state index contributed by atoms with van der Waals surface area (Å²) in [6, 6.07) is 4.51. The number of alkyl halides is 1. The number of hydrogen-bond donors (Lipinski definition) is 0. The zero-order valence-electron chi connectivity index (χ0n) is 11.7. The molecule has 0 saturated carbocycles. The molecule has 2 unspecified atom stereocenters. The summed E-state index contributed by atoms with van der Waals surface area (Å²) in [5.41, 5.74) is 4.07. The van der Waals surface area contributed by atoms with Gasteiger partial charge in [0.05, 0.1) is 6.10 Å². The van der Waals surface area contributed by atoms with Gasteiger partial charge in [-0.25, -0.2) is 0 Å². The Morgan fingerprint density at radius 2 is 2.05 bits per heavy atom. The van der Waals surface area contributed by atoms with Gasteiger partial charge in [0, 0.05) is 15.9 Å². The maximum atomic E-state index is 5.81. The fourth-order valence-corrected chi connectivity index (χ4v) is 3.88. The van der Waals surface area contributed by atoms with Crippen LogP contribution < -0.4 is 0 Å². The molecule has 1 aromatic rings. The highest BCUT2D eigenvalue weighted by molar-refractivity contribution is 9.10. The van der Waals surface area contributed by atoms with Crippen LogP contribution in [0.5, 0.6) is 0 Å². The van der Waals surface area contributed by atoms with Crippen LogP contribution in [0.1, 0.15) is 53.6 Å². The first kappa shape index (κ1) is 15.5. The van der Waals surface area contributed by atoms with Crippen molar-refractivity contribution in [2.75, 3.05) is 6.61 Å². The van der Waals surface area contributed by atoms with Crippen LogP contribution in [0.2, 0.25) is 0 Å². The minimum atomic E-state index is 0.435. The van der Waals surface area contributed by atoms with Gasteiger partial charge in [0.1, 0.15) is 0 Å². The lowest BCUT2D eigenvalue weighted by molar-refractivity contribution is 0.0101. The highest BCUT2D eigenvalue weighted by atomic mass is 79.9. The van der Waals surface area contributed by atoms with E-state index in [0.717, 1.165) is 19.4 Å². The molecule has 19 heavy (non-hydrogen) atoms. The molecule has 2 atom stereocenters. The van der Waals surface area contributed by atoms with Crippen LogP contribution in [0, 0.1) is 13.8 Å². The molecule has 0 aromatic heterocycles. The van der Waals surface area contributed by atoms with Gasteiger partial charge in [-0.3, -0.25) is 0 Å². The molecule has 1 aromatic carbocycles. The third kappa shape index (κ3) is 4.30. The van der Waals surface area contributed by atoms with Crippen LogP contribution in [0.15, 0.2) is 16.6 Å². The summed E-state index contributed by atoms with van der Waals surface area (Å²) in [7, 11) is 0. The Morgan fingerprint density at radius 1 is 1.26 bits per heavy atom. The highest BCUT2D eigenvalue weighted by Crippen LogP contribution is 2.34. The summed E-state index contributed by atoms with van der Waals surface area (Å²) < 4.78 is 7.01. The smallest absolute Gasteiger partial charge is 0.0575 e. The van der Waals surface area contributed by atoms with Gasteiger partial charge in [0.25, 0.3) is 0 Å². The lowest BCUT2D eigenvalue weighted by Gasteiger charge is -2.24. The molecule has 0 spiro atoms. The largest absolute Gasteiger partial charge is 0.378 e. The fraction of sp³-hybridized carbons (Fsp3) is 0.625.